The smallest absolute Gasteiger partial charge is 0.224 e. The molecule has 2 aromatic heterocycles. The van der Waals surface area contributed by atoms with E-state index in [1.165, 1.54) is 0 Å². The number of anilines is 1. The predicted molar refractivity (Wildman–Crippen MR) is 58.6 cm³/mol. The van der Waals surface area contributed by atoms with Gasteiger partial charge in [-0.15, -0.1) is 0 Å². The molecule has 0 saturated carbocycles. The maximum Gasteiger partial charge on any atom is 0.224 e. The third kappa shape index (κ3) is 2.89. The molecule has 1 N–H and O–H groups in total. The summed E-state index contributed by atoms with van der Waals surface area (Å²) in [4.78, 5) is 12.0. The first-order valence-electron chi connectivity index (χ1n) is 4.46. The molecule has 2 heterocycles. The summed E-state index contributed by atoms with van der Waals surface area (Å²) in [7, 11) is 0. The molecule has 4 nitrogen and oxygen atoms in total. The number of nitrogens with one attached hydrogen (secondary N) is 1. The van der Waals surface area contributed by atoms with E-state index in [0.717, 1.165) is 5.56 Å². The lowest BCUT2D eigenvalue weighted by atomic mass is 10.3. The second kappa shape index (κ2) is 4.70. The molecule has 0 amide bonds. The second-order valence-corrected chi connectivity index (χ2v) is 3.31. The molecule has 0 aliphatic carbocycles. The maximum absolute atomic E-state index is 5.72. The zero-order valence-corrected chi connectivity index (χ0v) is 8.65. The van der Waals surface area contributed by atoms with Gasteiger partial charge in [0.25, 0.3) is 0 Å². The van der Waals surface area contributed by atoms with Gasteiger partial charge in [-0.1, -0.05) is 17.7 Å². The summed E-state index contributed by atoms with van der Waals surface area (Å²) in [6.07, 6.45) is 5.14. The first-order valence-corrected chi connectivity index (χ1v) is 4.84. The number of hydrogen-bond donors (Lipinski definition) is 1. The molecule has 76 valence electrons. The Labute approximate surface area is 92.4 Å². The quantitative estimate of drug-likeness (QED) is 0.806. The third-order valence-electron chi connectivity index (χ3n) is 1.80. The van der Waals surface area contributed by atoms with Crippen LogP contribution in [0.15, 0.2) is 36.8 Å². The number of pyridine rings is 1. The van der Waals surface area contributed by atoms with E-state index in [9.17, 15) is 0 Å². The van der Waals surface area contributed by atoms with Crippen LogP contribution in [0.5, 0.6) is 0 Å². The monoisotopic (exact) mass is 220 g/mol. The predicted octanol–water partition coefficient (Wildman–Crippen LogP) is 2.14. The van der Waals surface area contributed by atoms with Gasteiger partial charge in [-0.3, -0.25) is 4.98 Å². The lowest BCUT2D eigenvalue weighted by molar-refractivity contribution is 1.04. The molecule has 0 unspecified atom stereocenters. The van der Waals surface area contributed by atoms with Crippen molar-refractivity contribution in [2.45, 2.75) is 6.54 Å². The van der Waals surface area contributed by atoms with Gasteiger partial charge in [0.2, 0.25) is 5.95 Å². The molecule has 0 atom stereocenters. The zero-order chi connectivity index (χ0) is 10.5. The van der Waals surface area contributed by atoms with Gasteiger partial charge in [0.05, 0.1) is 0 Å². The molecule has 5 heteroatoms. The molecule has 0 radical (unpaired) electrons. The Bertz CT molecular complexity index is 432. The fourth-order valence-electron chi connectivity index (χ4n) is 1.11. The molecule has 0 saturated heterocycles. The van der Waals surface area contributed by atoms with Crippen molar-refractivity contribution in [2.24, 2.45) is 0 Å². The topological polar surface area (TPSA) is 50.7 Å². The minimum Gasteiger partial charge on any atom is -0.350 e. The fourth-order valence-corrected chi connectivity index (χ4v) is 1.24. The first-order chi connectivity index (χ1) is 7.34. The summed E-state index contributed by atoms with van der Waals surface area (Å²) < 4.78 is 0. The fraction of sp³-hybridized carbons (Fsp3) is 0.100. The Morgan fingerprint density at radius 2 is 2.20 bits per heavy atom. The zero-order valence-electron chi connectivity index (χ0n) is 7.89. The van der Waals surface area contributed by atoms with Crippen LogP contribution in [0.1, 0.15) is 5.56 Å². The molecule has 0 spiro atoms. The molecule has 2 rings (SSSR count). The van der Waals surface area contributed by atoms with Crippen molar-refractivity contribution in [3.8, 4) is 0 Å². The van der Waals surface area contributed by atoms with Crippen molar-refractivity contribution in [3.63, 3.8) is 0 Å². The largest absolute Gasteiger partial charge is 0.350 e. The van der Waals surface area contributed by atoms with Crippen molar-refractivity contribution in [1.82, 2.24) is 15.0 Å². The summed E-state index contributed by atoms with van der Waals surface area (Å²) >= 11 is 5.72. The number of aromatic nitrogens is 3. The molecule has 0 aromatic carbocycles. The van der Waals surface area contributed by atoms with E-state index >= 15 is 0 Å². The van der Waals surface area contributed by atoms with Gasteiger partial charge in [0.1, 0.15) is 5.15 Å². The lowest BCUT2D eigenvalue weighted by Gasteiger charge is -2.03. The van der Waals surface area contributed by atoms with Crippen LogP contribution in [-0.2, 0) is 6.54 Å². The van der Waals surface area contributed by atoms with Gasteiger partial charge in [-0.25, -0.2) is 9.97 Å². The van der Waals surface area contributed by atoms with E-state index in [-0.39, 0.29) is 0 Å². The minimum atomic E-state index is 0.429. The Morgan fingerprint density at radius 3 is 2.93 bits per heavy atom. The van der Waals surface area contributed by atoms with Crippen LogP contribution in [-0.4, -0.2) is 15.0 Å². The number of halogens is 1. The van der Waals surface area contributed by atoms with E-state index in [4.69, 9.17) is 11.6 Å². The van der Waals surface area contributed by atoms with E-state index < -0.39 is 0 Å². The van der Waals surface area contributed by atoms with Gasteiger partial charge in [-0.05, 0) is 17.7 Å². The van der Waals surface area contributed by atoms with Crippen molar-refractivity contribution in [1.29, 1.82) is 0 Å². The van der Waals surface area contributed by atoms with Gasteiger partial charge in [0.15, 0.2) is 0 Å². The summed E-state index contributed by atoms with van der Waals surface area (Å²) in [5.41, 5.74) is 1.07. The highest BCUT2D eigenvalue weighted by atomic mass is 35.5. The van der Waals surface area contributed by atoms with E-state index in [1.807, 2.05) is 12.1 Å². The average Bonchev–Trinajstić information content (AvgIpc) is 2.28. The van der Waals surface area contributed by atoms with Crippen molar-refractivity contribution in [2.75, 3.05) is 5.32 Å². The van der Waals surface area contributed by atoms with Crippen molar-refractivity contribution >= 4 is 17.5 Å². The molecule has 0 aliphatic heterocycles. The molecule has 0 bridgehead atoms. The van der Waals surface area contributed by atoms with Crippen LogP contribution in [0, 0.1) is 0 Å². The van der Waals surface area contributed by atoms with E-state index in [1.54, 1.807) is 24.7 Å². The molecular formula is C10H9ClN4. The molecule has 0 fully saturated rings. The molecule has 2 aromatic rings. The molecule has 15 heavy (non-hydrogen) atoms. The van der Waals surface area contributed by atoms with E-state index in [2.05, 4.69) is 20.3 Å². The Kier molecular flexibility index (Phi) is 3.09. The van der Waals surface area contributed by atoms with Gasteiger partial charge >= 0.3 is 0 Å². The Balaban J connectivity index is 1.99. The van der Waals surface area contributed by atoms with Gasteiger partial charge < -0.3 is 5.32 Å². The Morgan fingerprint density at radius 1 is 1.27 bits per heavy atom. The molecular weight excluding hydrogens is 212 g/mol. The highest BCUT2D eigenvalue weighted by molar-refractivity contribution is 6.29. The second-order valence-electron chi connectivity index (χ2n) is 2.92. The SMILES string of the molecule is Clc1ccnc(NCc2cccnc2)n1. The average molecular weight is 221 g/mol. The van der Waals surface area contributed by atoms with Crippen LogP contribution in [0.2, 0.25) is 5.15 Å². The van der Waals surface area contributed by atoms with Crippen LogP contribution in [0.3, 0.4) is 0 Å². The van der Waals surface area contributed by atoms with Crippen LogP contribution < -0.4 is 5.32 Å². The molecule has 0 aliphatic rings. The van der Waals surface area contributed by atoms with Crippen LogP contribution >= 0.6 is 11.6 Å². The minimum absolute atomic E-state index is 0.429. The number of rotatable bonds is 3. The summed E-state index contributed by atoms with van der Waals surface area (Å²) in [6, 6.07) is 5.50. The first kappa shape index (κ1) is 9.86. The highest BCUT2D eigenvalue weighted by Crippen LogP contribution is 2.06. The van der Waals surface area contributed by atoms with Crippen LogP contribution in [0.25, 0.3) is 0 Å². The maximum atomic E-state index is 5.72. The van der Waals surface area contributed by atoms with Gasteiger partial charge in [-0.2, -0.15) is 0 Å². The Hall–Kier alpha value is -1.68. The summed E-state index contributed by atoms with van der Waals surface area (Å²) in [5.74, 6) is 0.520. The normalized spacial score (nSPS) is 9.93. The van der Waals surface area contributed by atoms with Gasteiger partial charge in [0, 0.05) is 25.1 Å². The van der Waals surface area contributed by atoms with Crippen molar-refractivity contribution < 1.29 is 0 Å². The highest BCUT2D eigenvalue weighted by Gasteiger charge is 1.96. The number of nitrogens with zero attached hydrogens (tertiary/aromatic N) is 3. The third-order valence-corrected chi connectivity index (χ3v) is 2.01. The standard InChI is InChI=1S/C10H9ClN4/c11-9-3-5-13-10(15-9)14-7-8-2-1-4-12-6-8/h1-6H,7H2,(H,13,14,15). The number of hydrogen-bond acceptors (Lipinski definition) is 4. The van der Waals surface area contributed by atoms with Crippen LogP contribution in [0.4, 0.5) is 5.95 Å². The van der Waals surface area contributed by atoms with Crippen molar-refractivity contribution in [3.05, 3.63) is 47.5 Å². The lowest BCUT2D eigenvalue weighted by Crippen LogP contribution is -2.03. The summed E-state index contributed by atoms with van der Waals surface area (Å²) in [6.45, 7) is 0.633. The summed E-state index contributed by atoms with van der Waals surface area (Å²) in [5, 5.41) is 3.48. The van der Waals surface area contributed by atoms with E-state index in [0.29, 0.717) is 17.6 Å².